The number of aromatic nitrogens is 1. The summed E-state index contributed by atoms with van der Waals surface area (Å²) in [5.41, 5.74) is -0.223. The van der Waals surface area contributed by atoms with Crippen LogP contribution >= 0.6 is 11.3 Å². The number of nitrogens with zero attached hydrogens (tertiary/aromatic N) is 1. The van der Waals surface area contributed by atoms with E-state index in [1.807, 2.05) is 6.20 Å². The largest absolute Gasteiger partial charge is 0.381 e. The van der Waals surface area contributed by atoms with E-state index in [0.717, 1.165) is 37.6 Å². The van der Waals surface area contributed by atoms with Gasteiger partial charge in [0, 0.05) is 56.8 Å². The molecule has 0 saturated carbocycles. The van der Waals surface area contributed by atoms with Crippen LogP contribution in [0, 0.1) is 0 Å². The first-order chi connectivity index (χ1) is 8.66. The molecular weight excluding hydrogens is 248 g/mol. The second-order valence-electron chi connectivity index (χ2n) is 4.98. The third kappa shape index (κ3) is 3.09. The minimum absolute atomic E-state index is 0.223. The maximum Gasteiger partial charge on any atom is 0.125 e. The molecule has 2 rings (SSSR count). The van der Waals surface area contributed by atoms with Gasteiger partial charge in [0.05, 0.1) is 0 Å². The maximum atomic E-state index is 5.75. The van der Waals surface area contributed by atoms with Crippen molar-refractivity contribution in [2.75, 3.05) is 20.3 Å². The van der Waals surface area contributed by atoms with Crippen LogP contribution in [0.2, 0.25) is 0 Å². The fraction of sp³-hybridized carbons (Fsp3) is 0.769. The van der Waals surface area contributed by atoms with E-state index in [2.05, 4.69) is 24.1 Å². The summed E-state index contributed by atoms with van der Waals surface area (Å²) in [5.74, 6) is 0. The normalized spacial score (nSPS) is 19.3. The molecule has 0 atom stereocenters. The van der Waals surface area contributed by atoms with E-state index in [-0.39, 0.29) is 5.60 Å². The van der Waals surface area contributed by atoms with E-state index in [1.165, 1.54) is 4.88 Å². The average Bonchev–Trinajstić information content (AvgIpc) is 2.86. The average molecular weight is 270 g/mol. The Morgan fingerprint density at radius 2 is 2.22 bits per heavy atom. The lowest BCUT2D eigenvalue weighted by atomic mass is 9.95. The molecule has 1 aromatic heterocycles. The van der Waals surface area contributed by atoms with Gasteiger partial charge in [-0.2, -0.15) is 0 Å². The smallest absolute Gasteiger partial charge is 0.125 e. The summed E-state index contributed by atoms with van der Waals surface area (Å²) in [6.07, 6.45) is 3.76. The molecule has 0 spiro atoms. The van der Waals surface area contributed by atoms with Crippen LogP contribution in [0.25, 0.3) is 0 Å². The second-order valence-corrected chi connectivity index (χ2v) is 6.09. The zero-order valence-corrected chi connectivity index (χ0v) is 12.2. The van der Waals surface area contributed by atoms with Gasteiger partial charge < -0.3 is 14.8 Å². The summed E-state index contributed by atoms with van der Waals surface area (Å²) in [6.45, 7) is 6.69. The second kappa shape index (κ2) is 6.10. The molecule has 18 heavy (non-hydrogen) atoms. The van der Waals surface area contributed by atoms with Gasteiger partial charge in [-0.15, -0.1) is 11.3 Å². The fourth-order valence-corrected chi connectivity index (χ4v) is 3.20. The van der Waals surface area contributed by atoms with E-state index in [4.69, 9.17) is 9.47 Å². The van der Waals surface area contributed by atoms with Crippen molar-refractivity contribution in [3.8, 4) is 0 Å². The van der Waals surface area contributed by atoms with E-state index in [9.17, 15) is 0 Å². The molecule has 102 valence electrons. The van der Waals surface area contributed by atoms with Crippen LogP contribution in [0.5, 0.6) is 0 Å². The Morgan fingerprint density at radius 3 is 2.83 bits per heavy atom. The minimum atomic E-state index is -0.223. The van der Waals surface area contributed by atoms with Crippen LogP contribution in [-0.4, -0.2) is 31.3 Å². The van der Waals surface area contributed by atoms with Gasteiger partial charge in [-0.3, -0.25) is 0 Å². The first kappa shape index (κ1) is 13.9. The van der Waals surface area contributed by atoms with Crippen molar-refractivity contribution in [1.29, 1.82) is 0 Å². The number of hydrogen-bond acceptors (Lipinski definition) is 5. The number of thiazole rings is 1. The first-order valence-corrected chi connectivity index (χ1v) is 7.29. The van der Waals surface area contributed by atoms with Gasteiger partial charge in [0.25, 0.3) is 0 Å². The SMILES string of the molecule is COC1(c2ncc(CNC(C)C)s2)CCOCC1. The van der Waals surface area contributed by atoms with Gasteiger partial charge in [-0.25, -0.2) is 4.98 Å². The molecule has 0 aliphatic carbocycles. The summed E-state index contributed by atoms with van der Waals surface area (Å²) >= 11 is 1.75. The lowest BCUT2D eigenvalue weighted by molar-refractivity contribution is -0.0948. The standard InChI is InChI=1S/C13H22N2O2S/c1-10(2)14-8-11-9-15-12(18-11)13(16-3)4-6-17-7-5-13/h9-10,14H,4-8H2,1-3H3. The molecule has 1 aliphatic heterocycles. The summed E-state index contributed by atoms with van der Waals surface area (Å²) < 4.78 is 11.2. The highest BCUT2D eigenvalue weighted by Crippen LogP contribution is 2.37. The van der Waals surface area contributed by atoms with Gasteiger partial charge in [0.1, 0.15) is 10.6 Å². The molecule has 1 saturated heterocycles. The van der Waals surface area contributed by atoms with E-state index in [1.54, 1.807) is 18.4 Å². The molecule has 1 fully saturated rings. The van der Waals surface area contributed by atoms with Crippen molar-refractivity contribution < 1.29 is 9.47 Å². The first-order valence-electron chi connectivity index (χ1n) is 6.48. The number of rotatable bonds is 5. The highest BCUT2D eigenvalue weighted by Gasteiger charge is 2.37. The quantitative estimate of drug-likeness (QED) is 0.891. The lowest BCUT2D eigenvalue weighted by Crippen LogP contribution is -2.35. The van der Waals surface area contributed by atoms with Crippen molar-refractivity contribution in [3.63, 3.8) is 0 Å². The molecule has 4 nitrogen and oxygen atoms in total. The van der Waals surface area contributed by atoms with Crippen LogP contribution in [0.3, 0.4) is 0 Å². The molecule has 5 heteroatoms. The maximum absolute atomic E-state index is 5.75. The molecule has 0 radical (unpaired) electrons. The van der Waals surface area contributed by atoms with Crippen LogP contribution in [0.15, 0.2) is 6.20 Å². The van der Waals surface area contributed by atoms with E-state index >= 15 is 0 Å². The fourth-order valence-electron chi connectivity index (χ4n) is 2.11. The van der Waals surface area contributed by atoms with Crippen molar-refractivity contribution in [2.24, 2.45) is 0 Å². The third-order valence-electron chi connectivity index (χ3n) is 3.32. The minimum Gasteiger partial charge on any atom is -0.381 e. The van der Waals surface area contributed by atoms with Crippen LogP contribution in [-0.2, 0) is 21.6 Å². The Morgan fingerprint density at radius 1 is 1.50 bits per heavy atom. The highest BCUT2D eigenvalue weighted by molar-refractivity contribution is 7.11. The van der Waals surface area contributed by atoms with Crippen molar-refractivity contribution in [1.82, 2.24) is 10.3 Å². The Kier molecular flexibility index (Phi) is 4.72. The topological polar surface area (TPSA) is 43.4 Å². The molecule has 1 aliphatic rings. The number of nitrogens with one attached hydrogen (secondary N) is 1. The molecule has 0 bridgehead atoms. The number of hydrogen-bond donors (Lipinski definition) is 1. The molecule has 0 unspecified atom stereocenters. The molecule has 0 aromatic carbocycles. The summed E-state index contributed by atoms with van der Waals surface area (Å²) in [5, 5.41) is 4.51. The predicted molar refractivity (Wildman–Crippen MR) is 72.8 cm³/mol. The lowest BCUT2D eigenvalue weighted by Gasteiger charge is -2.33. The van der Waals surface area contributed by atoms with Gasteiger partial charge >= 0.3 is 0 Å². The van der Waals surface area contributed by atoms with E-state index < -0.39 is 0 Å². The Hall–Kier alpha value is -0.490. The molecule has 1 N–H and O–H groups in total. The van der Waals surface area contributed by atoms with Gasteiger partial charge in [0.2, 0.25) is 0 Å². The zero-order chi connectivity index (χ0) is 13.0. The van der Waals surface area contributed by atoms with Crippen LogP contribution in [0.1, 0.15) is 36.6 Å². The Bertz CT molecular complexity index is 373. The van der Waals surface area contributed by atoms with Crippen molar-refractivity contribution >= 4 is 11.3 Å². The van der Waals surface area contributed by atoms with Crippen LogP contribution in [0.4, 0.5) is 0 Å². The van der Waals surface area contributed by atoms with Crippen LogP contribution < -0.4 is 5.32 Å². The molecule has 0 amide bonds. The molecule has 2 heterocycles. The summed E-state index contributed by atoms with van der Waals surface area (Å²) in [6, 6.07) is 0.495. The third-order valence-corrected chi connectivity index (χ3v) is 4.50. The van der Waals surface area contributed by atoms with Gasteiger partial charge in [0.15, 0.2) is 0 Å². The molecule has 1 aromatic rings. The van der Waals surface area contributed by atoms with Crippen molar-refractivity contribution in [3.05, 3.63) is 16.1 Å². The summed E-state index contributed by atoms with van der Waals surface area (Å²) in [4.78, 5) is 5.82. The Labute approximate surface area is 113 Å². The Balaban J connectivity index is 2.07. The monoisotopic (exact) mass is 270 g/mol. The highest BCUT2D eigenvalue weighted by atomic mass is 32.1. The summed E-state index contributed by atoms with van der Waals surface area (Å²) in [7, 11) is 1.78. The predicted octanol–water partition coefficient (Wildman–Crippen LogP) is 2.29. The number of ether oxygens (including phenoxy) is 2. The zero-order valence-electron chi connectivity index (χ0n) is 11.4. The number of methoxy groups -OCH3 is 1. The van der Waals surface area contributed by atoms with Gasteiger partial charge in [-0.1, -0.05) is 13.8 Å². The van der Waals surface area contributed by atoms with Crippen molar-refractivity contribution in [2.45, 2.75) is 44.9 Å². The van der Waals surface area contributed by atoms with Gasteiger partial charge in [-0.05, 0) is 0 Å². The van der Waals surface area contributed by atoms with E-state index in [0.29, 0.717) is 6.04 Å². The molecular formula is C13H22N2O2S.